The van der Waals surface area contributed by atoms with Gasteiger partial charge in [-0.2, -0.15) is 0 Å². The smallest absolute Gasteiger partial charge is 0.333 e. The third-order valence-corrected chi connectivity index (χ3v) is 6.29. The number of methoxy groups -OCH3 is 1. The second kappa shape index (κ2) is 11.4. The van der Waals surface area contributed by atoms with Crippen LogP contribution in [0.4, 0.5) is 0 Å². The lowest BCUT2D eigenvalue weighted by molar-refractivity contribution is -0.159. The molecule has 0 radical (unpaired) electrons. The van der Waals surface area contributed by atoms with E-state index in [0.29, 0.717) is 0 Å². The molecule has 0 N–H and O–H groups in total. The van der Waals surface area contributed by atoms with E-state index in [1.807, 2.05) is 12.5 Å². The lowest BCUT2D eigenvalue weighted by Crippen LogP contribution is -2.40. The summed E-state index contributed by atoms with van der Waals surface area (Å²) in [5.41, 5.74) is -0.744. The second-order valence-corrected chi connectivity index (χ2v) is 9.11. The number of nitrogens with zero attached hydrogens (tertiary/aromatic N) is 1. The summed E-state index contributed by atoms with van der Waals surface area (Å²) in [5, 5.41) is 0. The van der Waals surface area contributed by atoms with Gasteiger partial charge in [0.05, 0.1) is 29.9 Å². The van der Waals surface area contributed by atoms with Crippen LogP contribution in [0.15, 0.2) is 12.2 Å². The second-order valence-electron chi connectivity index (χ2n) is 6.86. The number of carbonyl (C=O) groups excluding carboxylic acids is 4. The molecule has 0 aliphatic carbocycles. The highest BCUT2D eigenvalue weighted by Crippen LogP contribution is 2.29. The van der Waals surface area contributed by atoms with E-state index in [2.05, 4.69) is 11.3 Å². The van der Waals surface area contributed by atoms with Gasteiger partial charge in [0.25, 0.3) is 0 Å². The minimum absolute atomic E-state index is 0.0380. The minimum Gasteiger partial charge on any atom is -0.466 e. The first-order chi connectivity index (χ1) is 12.4. The summed E-state index contributed by atoms with van der Waals surface area (Å²) in [7, 11) is 2.51. The highest BCUT2D eigenvalue weighted by atomic mass is 32.2. The molecule has 0 bridgehead atoms. The molecule has 0 fully saturated rings. The van der Waals surface area contributed by atoms with Crippen molar-refractivity contribution in [3.8, 4) is 0 Å². The number of amides is 2. The van der Waals surface area contributed by atoms with E-state index in [1.54, 1.807) is 20.8 Å². The quantitative estimate of drug-likeness (QED) is 0.320. The molecule has 0 aromatic heterocycles. The molecule has 0 spiro atoms. The Morgan fingerprint density at radius 2 is 1.59 bits per heavy atom. The van der Waals surface area contributed by atoms with Crippen molar-refractivity contribution >= 4 is 47.3 Å². The van der Waals surface area contributed by atoms with Gasteiger partial charge >= 0.3 is 11.9 Å². The van der Waals surface area contributed by atoms with Gasteiger partial charge in [0.1, 0.15) is 6.10 Å². The van der Waals surface area contributed by atoms with Gasteiger partial charge in [0, 0.05) is 12.6 Å². The van der Waals surface area contributed by atoms with Crippen molar-refractivity contribution in [3.05, 3.63) is 12.2 Å². The van der Waals surface area contributed by atoms with Gasteiger partial charge in [-0.3, -0.25) is 19.3 Å². The van der Waals surface area contributed by atoms with Crippen molar-refractivity contribution < 1.29 is 28.7 Å². The maximum atomic E-state index is 12.5. The highest BCUT2D eigenvalue weighted by Gasteiger charge is 2.33. The van der Waals surface area contributed by atoms with E-state index in [1.165, 1.54) is 37.7 Å². The van der Waals surface area contributed by atoms with Crippen LogP contribution in [-0.2, 0) is 28.7 Å². The van der Waals surface area contributed by atoms with Crippen LogP contribution in [0.3, 0.4) is 0 Å². The standard InChI is InChI=1S/C18H29NO6S2/c1-11(15(22)24-6)9-13(20)19(5)14(21)10-12(16(26-7)27-8)25-17(23)18(2,3)4/h12,16H,1,9-10H2,2-8H3. The molecular formula is C18H29NO6S2. The number of carbonyl (C=O) groups is 4. The number of thioether (sulfide) groups is 2. The molecule has 0 saturated carbocycles. The van der Waals surface area contributed by atoms with Crippen molar-refractivity contribution in [1.29, 1.82) is 0 Å². The minimum atomic E-state index is -0.706. The number of imide groups is 1. The van der Waals surface area contributed by atoms with Gasteiger partial charge in [-0.25, -0.2) is 4.79 Å². The molecule has 154 valence electrons. The molecule has 1 unspecified atom stereocenters. The molecule has 0 aliphatic rings. The highest BCUT2D eigenvalue weighted by molar-refractivity contribution is 8.16. The topological polar surface area (TPSA) is 90.0 Å². The fourth-order valence-electron chi connectivity index (χ4n) is 1.87. The fraction of sp³-hybridized carbons (Fsp3) is 0.667. The first-order valence-electron chi connectivity index (χ1n) is 8.21. The average molecular weight is 420 g/mol. The maximum absolute atomic E-state index is 12.5. The summed E-state index contributed by atoms with van der Waals surface area (Å²) in [5.74, 6) is -2.20. The van der Waals surface area contributed by atoms with Crippen LogP contribution in [0, 0.1) is 5.41 Å². The van der Waals surface area contributed by atoms with Crippen LogP contribution >= 0.6 is 23.5 Å². The number of hydrogen-bond acceptors (Lipinski definition) is 8. The Kier molecular flexibility index (Phi) is 10.8. The molecule has 1 atom stereocenters. The molecule has 0 heterocycles. The Hall–Kier alpha value is -1.48. The Balaban J connectivity index is 5.16. The number of esters is 2. The van der Waals surface area contributed by atoms with Gasteiger partial charge in [-0.1, -0.05) is 6.58 Å². The Bertz CT molecular complexity index is 581. The summed E-state index contributed by atoms with van der Waals surface area (Å²) in [6, 6.07) is 0. The van der Waals surface area contributed by atoms with Crippen LogP contribution in [0.2, 0.25) is 0 Å². The molecule has 0 aromatic carbocycles. The number of ether oxygens (including phenoxy) is 2. The third kappa shape index (κ3) is 8.38. The summed E-state index contributed by atoms with van der Waals surface area (Å²) < 4.78 is 9.90. The predicted molar refractivity (Wildman–Crippen MR) is 108 cm³/mol. The van der Waals surface area contributed by atoms with Gasteiger partial charge in [0.15, 0.2) is 0 Å². The van der Waals surface area contributed by atoms with Crippen LogP contribution in [0.5, 0.6) is 0 Å². The summed E-state index contributed by atoms with van der Waals surface area (Å²) >= 11 is 2.93. The van der Waals surface area contributed by atoms with Gasteiger partial charge in [-0.15, -0.1) is 23.5 Å². The van der Waals surface area contributed by atoms with E-state index in [0.717, 1.165) is 4.90 Å². The molecule has 9 heteroatoms. The summed E-state index contributed by atoms with van der Waals surface area (Å²) in [6.45, 7) is 8.67. The van der Waals surface area contributed by atoms with Gasteiger partial charge < -0.3 is 9.47 Å². The molecule has 0 aliphatic heterocycles. The third-order valence-electron chi connectivity index (χ3n) is 3.60. The van der Waals surface area contributed by atoms with Crippen molar-refractivity contribution in [2.24, 2.45) is 5.41 Å². The molecule has 27 heavy (non-hydrogen) atoms. The van der Waals surface area contributed by atoms with E-state index in [-0.39, 0.29) is 23.0 Å². The Morgan fingerprint density at radius 3 is 2.00 bits per heavy atom. The number of rotatable bonds is 9. The van der Waals surface area contributed by atoms with Crippen molar-refractivity contribution in [3.63, 3.8) is 0 Å². The monoisotopic (exact) mass is 419 g/mol. The summed E-state index contributed by atoms with van der Waals surface area (Å²) in [4.78, 5) is 49.3. The van der Waals surface area contributed by atoms with E-state index in [4.69, 9.17) is 4.74 Å². The van der Waals surface area contributed by atoms with Crippen LogP contribution < -0.4 is 0 Å². The van der Waals surface area contributed by atoms with Crippen molar-refractivity contribution in [2.45, 2.75) is 44.3 Å². The van der Waals surface area contributed by atoms with Gasteiger partial charge in [-0.05, 0) is 33.3 Å². The Labute approximate surface area is 169 Å². The zero-order valence-electron chi connectivity index (χ0n) is 17.0. The van der Waals surface area contributed by atoms with E-state index in [9.17, 15) is 19.2 Å². The zero-order valence-corrected chi connectivity index (χ0v) is 18.6. The Morgan fingerprint density at radius 1 is 1.07 bits per heavy atom. The normalized spacial score (nSPS) is 12.3. The molecule has 7 nitrogen and oxygen atoms in total. The summed E-state index contributed by atoms with van der Waals surface area (Å²) in [6.07, 6.45) is 2.57. The lowest BCUT2D eigenvalue weighted by atomic mass is 9.97. The van der Waals surface area contributed by atoms with Crippen LogP contribution in [0.25, 0.3) is 0 Å². The lowest BCUT2D eigenvalue weighted by Gasteiger charge is -2.28. The van der Waals surface area contributed by atoms with E-state index < -0.39 is 35.3 Å². The van der Waals surface area contributed by atoms with Crippen LogP contribution in [0.1, 0.15) is 33.6 Å². The first kappa shape index (κ1) is 25.5. The fourth-order valence-corrected chi connectivity index (χ4v) is 3.55. The first-order valence-corrected chi connectivity index (χ1v) is 10.8. The SMILES string of the molecule is C=C(CC(=O)N(C)C(=O)CC(OC(=O)C(C)(C)C)C(SC)SC)C(=O)OC. The zero-order chi connectivity index (χ0) is 21.4. The van der Waals surface area contributed by atoms with E-state index >= 15 is 0 Å². The van der Waals surface area contributed by atoms with Crippen molar-refractivity contribution in [2.75, 3.05) is 26.7 Å². The number of hydrogen-bond donors (Lipinski definition) is 0. The van der Waals surface area contributed by atoms with Gasteiger partial charge in [0.2, 0.25) is 11.8 Å². The molecule has 0 rings (SSSR count). The predicted octanol–water partition coefficient (Wildman–Crippen LogP) is 2.49. The largest absolute Gasteiger partial charge is 0.466 e. The molecular weight excluding hydrogens is 390 g/mol. The maximum Gasteiger partial charge on any atom is 0.333 e. The van der Waals surface area contributed by atoms with Crippen molar-refractivity contribution in [1.82, 2.24) is 4.90 Å². The molecule has 0 aromatic rings. The average Bonchev–Trinajstić information content (AvgIpc) is 2.59. The molecule has 2 amide bonds. The van der Waals surface area contributed by atoms with Crippen LogP contribution in [-0.4, -0.2) is 66.0 Å². The molecule has 0 saturated heterocycles.